The number of pyridine rings is 1. The van der Waals surface area contributed by atoms with Crippen LogP contribution in [0.25, 0.3) is 22.6 Å². The van der Waals surface area contributed by atoms with Gasteiger partial charge in [0.05, 0.1) is 16.8 Å². The fraction of sp³-hybridized carbons (Fsp3) is 0.208. The summed E-state index contributed by atoms with van der Waals surface area (Å²) in [4.78, 5) is 31.1. The van der Waals surface area contributed by atoms with Crippen LogP contribution in [0.3, 0.4) is 0 Å². The van der Waals surface area contributed by atoms with Crippen molar-refractivity contribution in [1.82, 2.24) is 9.88 Å². The maximum Gasteiger partial charge on any atom is 0.339 e. The number of amides is 1. The molecule has 0 radical (unpaired) electrons. The van der Waals surface area contributed by atoms with Crippen LogP contribution in [-0.4, -0.2) is 42.5 Å². The number of para-hydroxylation sites is 1. The van der Waals surface area contributed by atoms with Gasteiger partial charge in [0, 0.05) is 19.5 Å². The van der Waals surface area contributed by atoms with E-state index in [-0.39, 0.29) is 12.5 Å². The fourth-order valence-electron chi connectivity index (χ4n) is 3.59. The Morgan fingerprint density at radius 3 is 2.52 bits per heavy atom. The van der Waals surface area contributed by atoms with Crippen molar-refractivity contribution in [2.24, 2.45) is 0 Å². The number of aromatic nitrogens is 1. The van der Waals surface area contributed by atoms with Gasteiger partial charge in [0.1, 0.15) is 0 Å². The Bertz CT molecular complexity index is 1120. The van der Waals surface area contributed by atoms with E-state index in [4.69, 9.17) is 9.72 Å². The lowest BCUT2D eigenvalue weighted by Crippen LogP contribution is -2.27. The average Bonchev–Trinajstić information content (AvgIpc) is 3.12. The van der Waals surface area contributed by atoms with Gasteiger partial charge in [-0.1, -0.05) is 48.5 Å². The molecule has 1 heterocycles. The Hall–Kier alpha value is -3.47. The molecule has 0 atom stereocenters. The zero-order valence-electron chi connectivity index (χ0n) is 16.5. The third-order valence-corrected chi connectivity index (χ3v) is 5.11. The molecule has 146 valence electrons. The van der Waals surface area contributed by atoms with Crippen LogP contribution in [0.2, 0.25) is 0 Å². The number of carbonyl (C=O) groups is 2. The fourth-order valence-corrected chi connectivity index (χ4v) is 3.59. The van der Waals surface area contributed by atoms with E-state index in [1.807, 2.05) is 54.6 Å². The van der Waals surface area contributed by atoms with Crippen LogP contribution in [0.5, 0.6) is 0 Å². The highest BCUT2D eigenvalue weighted by molar-refractivity contribution is 6.07. The molecule has 2 aromatic carbocycles. The van der Waals surface area contributed by atoms with Gasteiger partial charge in [-0.3, -0.25) is 4.79 Å². The molecule has 0 fully saturated rings. The normalized spacial score (nSPS) is 14.1. The third-order valence-electron chi connectivity index (χ3n) is 5.11. The van der Waals surface area contributed by atoms with E-state index in [0.29, 0.717) is 5.56 Å². The maximum atomic E-state index is 13.0. The number of fused-ring (bicyclic) bond motifs is 2. The molecule has 1 aliphatic rings. The summed E-state index contributed by atoms with van der Waals surface area (Å²) < 4.78 is 5.36. The van der Waals surface area contributed by atoms with Gasteiger partial charge in [0.25, 0.3) is 5.91 Å². The number of esters is 1. The lowest BCUT2D eigenvalue weighted by atomic mass is 10.0. The molecule has 0 saturated heterocycles. The molecular formula is C24H22N2O3. The minimum atomic E-state index is -0.476. The first-order valence-corrected chi connectivity index (χ1v) is 9.59. The van der Waals surface area contributed by atoms with E-state index in [9.17, 15) is 9.59 Å². The van der Waals surface area contributed by atoms with Crippen molar-refractivity contribution in [3.05, 3.63) is 77.0 Å². The molecule has 3 aromatic rings. The van der Waals surface area contributed by atoms with Gasteiger partial charge < -0.3 is 9.64 Å². The summed E-state index contributed by atoms with van der Waals surface area (Å²) in [6.07, 6.45) is 3.65. The van der Waals surface area contributed by atoms with Gasteiger partial charge in [0.15, 0.2) is 6.61 Å². The molecule has 29 heavy (non-hydrogen) atoms. The van der Waals surface area contributed by atoms with Crippen molar-refractivity contribution >= 4 is 34.4 Å². The number of nitrogens with zero attached hydrogens (tertiary/aromatic N) is 2. The largest absolute Gasteiger partial charge is 0.452 e. The number of allylic oxidation sites excluding steroid dienone is 1. The van der Waals surface area contributed by atoms with Gasteiger partial charge in [0.2, 0.25) is 0 Å². The van der Waals surface area contributed by atoms with Crippen LogP contribution in [0, 0.1) is 0 Å². The lowest BCUT2D eigenvalue weighted by molar-refractivity contribution is -0.131. The highest BCUT2D eigenvalue weighted by atomic mass is 16.5. The van der Waals surface area contributed by atoms with Gasteiger partial charge in [-0.25, -0.2) is 9.78 Å². The van der Waals surface area contributed by atoms with Crippen molar-refractivity contribution < 1.29 is 14.3 Å². The standard InChI is InChI=1S/C24H22N2O3/c1-26(2)21(27)15-29-24(28)22-18-10-6-7-11-20(18)25-23-17(12-13-19(22)23)14-16-8-4-3-5-9-16/h3-11,14H,12-13,15H2,1-2H3/b17-14+. The van der Waals surface area contributed by atoms with Crippen LogP contribution in [0.1, 0.15) is 33.6 Å². The van der Waals surface area contributed by atoms with Crippen LogP contribution < -0.4 is 0 Å². The van der Waals surface area contributed by atoms with E-state index in [2.05, 4.69) is 6.08 Å². The molecule has 1 aliphatic carbocycles. The SMILES string of the molecule is CN(C)C(=O)COC(=O)c1c2c(nc3ccccc13)/C(=C/c1ccccc1)CC2. The first-order chi connectivity index (χ1) is 14.0. The molecule has 4 rings (SSSR count). The van der Waals surface area contributed by atoms with E-state index >= 15 is 0 Å². The quantitative estimate of drug-likeness (QED) is 0.637. The summed E-state index contributed by atoms with van der Waals surface area (Å²) in [5, 5.41) is 0.759. The van der Waals surface area contributed by atoms with E-state index in [1.165, 1.54) is 4.90 Å². The number of likely N-dealkylation sites (N-methyl/N-ethyl adjacent to an activating group) is 1. The van der Waals surface area contributed by atoms with E-state index < -0.39 is 5.97 Å². The van der Waals surface area contributed by atoms with Crippen LogP contribution in [0.4, 0.5) is 0 Å². The van der Waals surface area contributed by atoms with Crippen molar-refractivity contribution in [1.29, 1.82) is 0 Å². The Balaban J connectivity index is 1.78. The van der Waals surface area contributed by atoms with Crippen molar-refractivity contribution in [2.45, 2.75) is 12.8 Å². The number of rotatable bonds is 4. The summed E-state index contributed by atoms with van der Waals surface area (Å²) in [6, 6.07) is 17.7. The maximum absolute atomic E-state index is 13.0. The second kappa shape index (κ2) is 7.87. The molecule has 0 N–H and O–H groups in total. The summed E-state index contributed by atoms with van der Waals surface area (Å²) in [6.45, 7) is -0.274. The third kappa shape index (κ3) is 3.76. The minimum absolute atomic E-state index is 0.252. The van der Waals surface area contributed by atoms with Gasteiger partial charge in [-0.15, -0.1) is 0 Å². The summed E-state index contributed by atoms with van der Waals surface area (Å²) >= 11 is 0. The van der Waals surface area contributed by atoms with E-state index in [0.717, 1.165) is 46.1 Å². The number of ether oxygens (including phenoxy) is 1. The zero-order valence-corrected chi connectivity index (χ0v) is 16.5. The molecule has 5 nitrogen and oxygen atoms in total. The second-order valence-corrected chi connectivity index (χ2v) is 7.28. The number of benzene rings is 2. The molecule has 1 amide bonds. The molecule has 0 spiro atoms. The molecule has 5 heteroatoms. The summed E-state index contributed by atoms with van der Waals surface area (Å²) in [5.74, 6) is -0.728. The van der Waals surface area contributed by atoms with Crippen LogP contribution in [0.15, 0.2) is 54.6 Å². The van der Waals surface area contributed by atoms with Gasteiger partial charge >= 0.3 is 5.97 Å². The zero-order chi connectivity index (χ0) is 20.4. The van der Waals surface area contributed by atoms with Crippen LogP contribution >= 0.6 is 0 Å². The first-order valence-electron chi connectivity index (χ1n) is 9.59. The number of hydrogen-bond donors (Lipinski definition) is 0. The Labute approximate surface area is 169 Å². The first kappa shape index (κ1) is 18.9. The minimum Gasteiger partial charge on any atom is -0.452 e. The monoisotopic (exact) mass is 386 g/mol. The molecular weight excluding hydrogens is 364 g/mol. The van der Waals surface area contributed by atoms with Crippen molar-refractivity contribution in [3.8, 4) is 0 Å². The molecule has 0 unspecified atom stereocenters. The molecule has 1 aromatic heterocycles. The lowest BCUT2D eigenvalue weighted by Gasteiger charge is -2.14. The number of hydrogen-bond acceptors (Lipinski definition) is 4. The topological polar surface area (TPSA) is 59.5 Å². The summed E-state index contributed by atoms with van der Waals surface area (Å²) in [5.41, 5.74) is 5.22. The van der Waals surface area contributed by atoms with Crippen molar-refractivity contribution in [3.63, 3.8) is 0 Å². The second-order valence-electron chi connectivity index (χ2n) is 7.28. The van der Waals surface area contributed by atoms with Crippen molar-refractivity contribution in [2.75, 3.05) is 20.7 Å². The highest BCUT2D eigenvalue weighted by Gasteiger charge is 2.28. The predicted octanol–water partition coefficient (Wildman–Crippen LogP) is 3.97. The molecule has 0 aliphatic heterocycles. The Kier molecular flexibility index (Phi) is 5.12. The Morgan fingerprint density at radius 2 is 1.76 bits per heavy atom. The molecule has 0 bridgehead atoms. The van der Waals surface area contributed by atoms with Gasteiger partial charge in [-0.2, -0.15) is 0 Å². The molecule has 0 saturated carbocycles. The van der Waals surface area contributed by atoms with E-state index in [1.54, 1.807) is 14.1 Å². The number of carbonyl (C=O) groups excluding carboxylic acids is 2. The van der Waals surface area contributed by atoms with Gasteiger partial charge in [-0.05, 0) is 41.7 Å². The summed E-state index contributed by atoms with van der Waals surface area (Å²) in [7, 11) is 3.27. The smallest absolute Gasteiger partial charge is 0.339 e. The predicted molar refractivity (Wildman–Crippen MR) is 113 cm³/mol. The van der Waals surface area contributed by atoms with Crippen LogP contribution in [-0.2, 0) is 16.0 Å². The average molecular weight is 386 g/mol. The Morgan fingerprint density at radius 1 is 1.03 bits per heavy atom. The highest BCUT2D eigenvalue weighted by Crippen LogP contribution is 2.37.